The zero-order valence-electron chi connectivity index (χ0n) is 17.4. The number of aromatic nitrogens is 3. The largest absolute Gasteiger partial charge is 0.354 e. The van der Waals surface area contributed by atoms with Gasteiger partial charge < -0.3 is 15.5 Å². The molecule has 0 amide bonds. The van der Waals surface area contributed by atoms with Crippen molar-refractivity contribution in [3.05, 3.63) is 0 Å². The summed E-state index contributed by atoms with van der Waals surface area (Å²) < 4.78 is 0. The lowest BCUT2D eigenvalue weighted by Gasteiger charge is -2.56. The van der Waals surface area contributed by atoms with Crippen LogP contribution in [0.1, 0.15) is 77.6 Å². The normalized spacial score (nSPS) is 33.9. The Balaban J connectivity index is 1.38. The van der Waals surface area contributed by atoms with Crippen LogP contribution in [-0.4, -0.2) is 40.1 Å². The zero-order valence-corrected chi connectivity index (χ0v) is 17.4. The minimum Gasteiger partial charge on any atom is -0.354 e. The van der Waals surface area contributed by atoms with Crippen LogP contribution in [-0.2, 0) is 0 Å². The van der Waals surface area contributed by atoms with Crippen LogP contribution in [0, 0.1) is 17.8 Å². The van der Waals surface area contributed by atoms with Gasteiger partial charge in [-0.25, -0.2) is 0 Å². The first-order valence-corrected chi connectivity index (χ1v) is 11.7. The molecule has 0 spiro atoms. The molecule has 5 aliphatic rings. The molecule has 0 unspecified atom stereocenters. The standard InChI is InChI=1S/C22H36N6/c1-2-3-7-23-19-24-20(26-21(25-19)28-8-5-4-6-9-28)27-22-13-16-10-17(14-22)12-18(11-16)15-22/h16-18H,2-15H2,1H3,(H2,23,24,25,26,27). The Morgan fingerprint density at radius 2 is 1.54 bits per heavy atom. The van der Waals surface area contributed by atoms with Gasteiger partial charge in [-0.2, -0.15) is 15.0 Å². The lowest BCUT2D eigenvalue weighted by Crippen LogP contribution is -2.55. The monoisotopic (exact) mass is 384 g/mol. The number of nitrogens with one attached hydrogen (secondary N) is 2. The third kappa shape index (κ3) is 3.79. The van der Waals surface area contributed by atoms with Gasteiger partial charge in [-0.3, -0.25) is 0 Å². The van der Waals surface area contributed by atoms with Gasteiger partial charge in [-0.05, 0) is 82.0 Å². The van der Waals surface area contributed by atoms with E-state index in [2.05, 4.69) is 22.5 Å². The third-order valence-corrected chi connectivity index (χ3v) is 7.49. The van der Waals surface area contributed by atoms with E-state index in [0.29, 0.717) is 0 Å². The molecule has 1 aliphatic heterocycles. The van der Waals surface area contributed by atoms with Crippen LogP contribution in [0.25, 0.3) is 0 Å². The molecule has 6 rings (SSSR count). The molecule has 6 nitrogen and oxygen atoms in total. The highest BCUT2D eigenvalue weighted by molar-refractivity contribution is 5.45. The van der Waals surface area contributed by atoms with Crippen LogP contribution in [0.2, 0.25) is 0 Å². The van der Waals surface area contributed by atoms with Gasteiger partial charge >= 0.3 is 0 Å². The first-order valence-electron chi connectivity index (χ1n) is 11.7. The zero-order chi connectivity index (χ0) is 19.0. The molecule has 2 N–H and O–H groups in total. The second kappa shape index (κ2) is 7.68. The molecule has 2 heterocycles. The number of rotatable bonds is 7. The lowest BCUT2D eigenvalue weighted by atomic mass is 9.53. The van der Waals surface area contributed by atoms with E-state index in [1.165, 1.54) is 64.2 Å². The summed E-state index contributed by atoms with van der Waals surface area (Å²) in [5, 5.41) is 7.31. The Morgan fingerprint density at radius 3 is 2.18 bits per heavy atom. The number of hydrogen-bond acceptors (Lipinski definition) is 6. The van der Waals surface area contributed by atoms with Gasteiger partial charge in [-0.15, -0.1) is 0 Å². The van der Waals surface area contributed by atoms with Crippen molar-refractivity contribution >= 4 is 17.8 Å². The van der Waals surface area contributed by atoms with Gasteiger partial charge in [0.05, 0.1) is 0 Å². The van der Waals surface area contributed by atoms with Gasteiger partial charge in [0, 0.05) is 25.2 Å². The van der Waals surface area contributed by atoms with Crippen molar-refractivity contribution in [2.45, 2.75) is 83.1 Å². The predicted octanol–water partition coefficient (Wildman–Crippen LogP) is 4.45. The summed E-state index contributed by atoms with van der Waals surface area (Å²) in [7, 11) is 0. The molecular formula is C22H36N6. The minimum atomic E-state index is 0.232. The molecule has 4 saturated carbocycles. The SMILES string of the molecule is CCCCNc1nc(NC23CC4CC(CC(C4)C2)C3)nc(N2CCCCC2)n1. The molecule has 1 saturated heterocycles. The summed E-state index contributed by atoms with van der Waals surface area (Å²) in [5.74, 6) is 5.17. The van der Waals surface area contributed by atoms with E-state index in [0.717, 1.165) is 61.7 Å². The fourth-order valence-corrected chi connectivity index (χ4v) is 6.61. The van der Waals surface area contributed by atoms with Crippen LogP contribution in [0.15, 0.2) is 0 Å². The maximum absolute atomic E-state index is 4.91. The fourth-order valence-electron chi connectivity index (χ4n) is 6.61. The summed E-state index contributed by atoms with van der Waals surface area (Å²) in [6.07, 6.45) is 14.4. The Morgan fingerprint density at radius 1 is 0.893 bits per heavy atom. The first kappa shape index (κ1) is 18.4. The topological polar surface area (TPSA) is 66.0 Å². The Kier molecular flexibility index (Phi) is 5.06. The quantitative estimate of drug-likeness (QED) is 0.677. The molecular weight excluding hydrogens is 348 g/mol. The van der Waals surface area contributed by atoms with Crippen LogP contribution < -0.4 is 15.5 Å². The van der Waals surface area contributed by atoms with E-state index in [1.807, 2.05) is 0 Å². The second-order valence-electron chi connectivity index (χ2n) is 9.93. The molecule has 1 aromatic heterocycles. The smallest absolute Gasteiger partial charge is 0.231 e. The Labute approximate surface area is 169 Å². The predicted molar refractivity (Wildman–Crippen MR) is 114 cm³/mol. The van der Waals surface area contributed by atoms with Gasteiger partial charge in [-0.1, -0.05) is 13.3 Å². The average Bonchev–Trinajstić information content (AvgIpc) is 2.67. The highest BCUT2D eigenvalue weighted by Gasteiger charge is 2.51. The van der Waals surface area contributed by atoms with Crippen molar-refractivity contribution < 1.29 is 0 Å². The molecule has 4 aliphatic carbocycles. The van der Waals surface area contributed by atoms with E-state index in [1.54, 1.807) is 0 Å². The molecule has 5 fully saturated rings. The molecule has 28 heavy (non-hydrogen) atoms. The van der Waals surface area contributed by atoms with E-state index < -0.39 is 0 Å². The van der Waals surface area contributed by atoms with Crippen molar-refractivity contribution in [2.24, 2.45) is 17.8 Å². The van der Waals surface area contributed by atoms with Crippen molar-refractivity contribution in [1.82, 2.24) is 15.0 Å². The highest BCUT2D eigenvalue weighted by atomic mass is 15.3. The van der Waals surface area contributed by atoms with Gasteiger partial charge in [0.15, 0.2) is 0 Å². The third-order valence-electron chi connectivity index (χ3n) is 7.49. The lowest BCUT2D eigenvalue weighted by molar-refractivity contribution is 0.0103. The number of unbranched alkanes of at least 4 members (excludes halogenated alkanes) is 1. The molecule has 0 radical (unpaired) electrons. The molecule has 1 aromatic rings. The summed E-state index contributed by atoms with van der Waals surface area (Å²) in [6.45, 7) is 5.27. The van der Waals surface area contributed by atoms with Crippen LogP contribution in [0.5, 0.6) is 0 Å². The van der Waals surface area contributed by atoms with Gasteiger partial charge in [0.2, 0.25) is 17.8 Å². The molecule has 6 heteroatoms. The van der Waals surface area contributed by atoms with E-state index >= 15 is 0 Å². The molecule has 0 atom stereocenters. The van der Waals surface area contributed by atoms with Crippen molar-refractivity contribution in [1.29, 1.82) is 0 Å². The Hall–Kier alpha value is -1.59. The Bertz CT molecular complexity index is 648. The molecule has 0 aromatic carbocycles. The fraction of sp³-hybridized carbons (Fsp3) is 0.864. The van der Waals surface area contributed by atoms with Crippen LogP contribution in [0.3, 0.4) is 0 Å². The highest BCUT2D eigenvalue weighted by Crippen LogP contribution is 2.56. The first-order chi connectivity index (χ1) is 13.7. The summed E-state index contributed by atoms with van der Waals surface area (Å²) >= 11 is 0. The summed E-state index contributed by atoms with van der Waals surface area (Å²) in [4.78, 5) is 16.8. The minimum absolute atomic E-state index is 0.232. The van der Waals surface area contributed by atoms with Crippen molar-refractivity contribution in [2.75, 3.05) is 35.2 Å². The number of anilines is 3. The number of piperidine rings is 1. The van der Waals surface area contributed by atoms with Crippen LogP contribution >= 0.6 is 0 Å². The van der Waals surface area contributed by atoms with E-state index in [-0.39, 0.29) is 5.54 Å². The maximum atomic E-state index is 4.91. The van der Waals surface area contributed by atoms with Gasteiger partial charge in [0.1, 0.15) is 0 Å². The second-order valence-corrected chi connectivity index (χ2v) is 9.93. The molecule has 154 valence electrons. The van der Waals surface area contributed by atoms with Gasteiger partial charge in [0.25, 0.3) is 0 Å². The van der Waals surface area contributed by atoms with Crippen molar-refractivity contribution in [3.63, 3.8) is 0 Å². The summed E-state index contributed by atoms with van der Waals surface area (Å²) in [5.41, 5.74) is 0.232. The maximum Gasteiger partial charge on any atom is 0.231 e. The average molecular weight is 385 g/mol. The number of hydrogen-bond donors (Lipinski definition) is 2. The van der Waals surface area contributed by atoms with Crippen LogP contribution in [0.4, 0.5) is 17.8 Å². The van der Waals surface area contributed by atoms with E-state index in [4.69, 9.17) is 15.0 Å². The van der Waals surface area contributed by atoms with E-state index in [9.17, 15) is 0 Å². The molecule has 4 bridgehead atoms. The number of nitrogens with zero attached hydrogens (tertiary/aromatic N) is 4. The van der Waals surface area contributed by atoms with Crippen molar-refractivity contribution in [3.8, 4) is 0 Å². The summed E-state index contributed by atoms with van der Waals surface area (Å²) in [6, 6.07) is 0.